The van der Waals surface area contributed by atoms with E-state index in [4.69, 9.17) is 29.7 Å². The molecule has 408 valence electrons. The van der Waals surface area contributed by atoms with Gasteiger partial charge in [-0.15, -0.1) is 6.42 Å². The van der Waals surface area contributed by atoms with Gasteiger partial charge in [-0.2, -0.15) is 59.9 Å². The molecule has 0 bridgehead atoms. The predicted molar refractivity (Wildman–Crippen MR) is 273 cm³/mol. The van der Waals surface area contributed by atoms with Gasteiger partial charge in [-0.3, -0.25) is 18.7 Å². The number of carbonyl (C=O) groups is 2. The SMILES string of the molecule is C#C/C(=C\C=C(/C)C(F)(F)F)CSCC[C@@H](CCC(C)(C)CC(=O)Nc1ccn(C2O[C@H](COP(=O)(N[C@@H](C)C(=O)OC(C)C)Oc3ccccc3)C(C)(COC)[C@H]2F)c(=O)n1)SCc1ccc(C(F)(F)F)cc1. The fourth-order valence-electron chi connectivity index (χ4n) is 7.42. The number of hydrogen-bond donors (Lipinski definition) is 2. The van der Waals surface area contributed by atoms with E-state index in [2.05, 4.69) is 21.3 Å². The number of terminal acetylenes is 1. The van der Waals surface area contributed by atoms with Crippen LogP contribution in [0.15, 0.2) is 95.0 Å². The molecule has 1 saturated heterocycles. The summed E-state index contributed by atoms with van der Waals surface area (Å²) in [5, 5.41) is 5.18. The maximum atomic E-state index is 16.6. The summed E-state index contributed by atoms with van der Waals surface area (Å²) >= 11 is 2.97. The highest BCUT2D eigenvalue weighted by Crippen LogP contribution is 2.50. The summed E-state index contributed by atoms with van der Waals surface area (Å²) in [6.45, 7) is 10.1. The molecule has 74 heavy (non-hydrogen) atoms. The van der Waals surface area contributed by atoms with Crippen molar-refractivity contribution in [2.24, 2.45) is 10.8 Å². The molecule has 23 heteroatoms. The van der Waals surface area contributed by atoms with Gasteiger partial charge in [0.2, 0.25) is 5.91 Å². The summed E-state index contributed by atoms with van der Waals surface area (Å²) in [7, 11) is -3.06. The Morgan fingerprint density at radius 3 is 2.30 bits per heavy atom. The molecular weight excluding hydrogens is 1040 g/mol. The average Bonchev–Trinajstić information content (AvgIpc) is 3.55. The van der Waals surface area contributed by atoms with Crippen LogP contribution in [0, 0.1) is 23.2 Å². The van der Waals surface area contributed by atoms with Crippen LogP contribution in [-0.4, -0.2) is 89.1 Å². The lowest BCUT2D eigenvalue weighted by Gasteiger charge is -2.31. The number of carbonyl (C=O) groups excluding carboxylic acids is 2. The molecule has 3 aromatic rings. The topological polar surface area (TPSA) is 156 Å². The molecule has 2 N–H and O–H groups in total. The number of nitrogens with one attached hydrogen (secondary N) is 2. The highest BCUT2D eigenvalue weighted by Gasteiger charge is 2.56. The van der Waals surface area contributed by atoms with Crippen LogP contribution in [0.3, 0.4) is 0 Å². The van der Waals surface area contributed by atoms with Crippen LogP contribution in [0.25, 0.3) is 0 Å². The number of esters is 1. The lowest BCUT2D eigenvalue weighted by Crippen LogP contribution is -2.43. The Kier molecular flexibility index (Phi) is 23.0. The second-order valence-corrected chi connectivity index (χ2v) is 23.1. The maximum Gasteiger partial charge on any atom is 0.459 e. The van der Waals surface area contributed by atoms with E-state index in [0.717, 1.165) is 29.7 Å². The summed E-state index contributed by atoms with van der Waals surface area (Å²) in [5.74, 6) is 2.51. The number of thioether (sulfide) groups is 2. The highest BCUT2D eigenvalue weighted by atomic mass is 32.2. The zero-order chi connectivity index (χ0) is 55.1. The number of rotatable bonds is 27. The largest absolute Gasteiger partial charge is 0.462 e. The van der Waals surface area contributed by atoms with Gasteiger partial charge in [0.05, 0.1) is 36.4 Å². The van der Waals surface area contributed by atoms with Crippen LogP contribution < -0.4 is 20.6 Å². The zero-order valence-corrected chi connectivity index (χ0v) is 44.9. The van der Waals surface area contributed by atoms with Crippen LogP contribution in [0.2, 0.25) is 0 Å². The van der Waals surface area contributed by atoms with Gasteiger partial charge in [0.15, 0.2) is 12.4 Å². The number of aromatic nitrogens is 2. The van der Waals surface area contributed by atoms with Crippen molar-refractivity contribution in [2.75, 3.05) is 37.1 Å². The maximum absolute atomic E-state index is 16.6. The minimum Gasteiger partial charge on any atom is -0.462 e. The van der Waals surface area contributed by atoms with Crippen LogP contribution in [0.5, 0.6) is 5.75 Å². The van der Waals surface area contributed by atoms with E-state index in [1.807, 2.05) is 13.8 Å². The van der Waals surface area contributed by atoms with Gasteiger partial charge in [-0.05, 0) is 100 Å². The molecule has 1 aliphatic rings. The molecule has 1 amide bonds. The van der Waals surface area contributed by atoms with Crippen molar-refractivity contribution in [2.45, 2.75) is 128 Å². The van der Waals surface area contributed by atoms with E-state index in [1.165, 1.54) is 87.1 Å². The van der Waals surface area contributed by atoms with Crippen molar-refractivity contribution >= 4 is 49.0 Å². The zero-order valence-electron chi connectivity index (χ0n) is 42.4. The van der Waals surface area contributed by atoms with Gasteiger partial charge in [-0.1, -0.05) is 63.1 Å². The van der Waals surface area contributed by atoms with Crippen molar-refractivity contribution < 1.29 is 68.1 Å². The molecule has 1 aliphatic heterocycles. The third-order valence-corrected chi connectivity index (χ3v) is 15.9. The van der Waals surface area contributed by atoms with Crippen molar-refractivity contribution in [3.05, 3.63) is 112 Å². The van der Waals surface area contributed by atoms with E-state index in [-0.39, 0.29) is 35.6 Å². The number of allylic oxidation sites excluding steroid dienone is 3. The quantitative estimate of drug-likeness (QED) is 0.0186. The summed E-state index contributed by atoms with van der Waals surface area (Å²) in [6.07, 6.45) is -3.42. The number of nitrogens with zero attached hydrogens (tertiary/aromatic N) is 2. The first-order valence-corrected chi connectivity index (χ1v) is 27.2. The molecule has 0 saturated carbocycles. The third-order valence-electron chi connectivity index (χ3n) is 11.7. The third kappa shape index (κ3) is 19.2. The molecular formula is C51H64F7N4O9PS2. The number of ether oxygens (including phenoxy) is 3. The minimum atomic E-state index is -4.48. The average molecular weight is 1110 g/mol. The fraction of sp³-hybridized carbons (Fsp3) is 0.529. The van der Waals surface area contributed by atoms with Gasteiger partial charge in [0.1, 0.15) is 17.6 Å². The normalized spacial score (nSPS) is 20.4. The highest BCUT2D eigenvalue weighted by molar-refractivity contribution is 8.00. The molecule has 4 rings (SSSR count). The van der Waals surface area contributed by atoms with Crippen LogP contribution in [-0.2, 0) is 44.8 Å². The first-order chi connectivity index (χ1) is 34.6. The van der Waals surface area contributed by atoms with Crippen molar-refractivity contribution in [1.29, 1.82) is 0 Å². The first kappa shape index (κ1) is 61.9. The second-order valence-electron chi connectivity index (χ2n) is 19.0. The molecule has 1 fully saturated rings. The Labute approximate surface area is 436 Å². The second kappa shape index (κ2) is 27.4. The Balaban J connectivity index is 1.42. The van der Waals surface area contributed by atoms with E-state index in [1.54, 1.807) is 32.0 Å². The molecule has 7 atom stereocenters. The number of anilines is 1. The summed E-state index contributed by atoms with van der Waals surface area (Å²) in [6, 6.07) is 13.1. The van der Waals surface area contributed by atoms with Crippen molar-refractivity contribution in [3.8, 4) is 18.1 Å². The number of methoxy groups -OCH3 is 1. The molecule has 2 heterocycles. The van der Waals surface area contributed by atoms with Crippen molar-refractivity contribution in [3.63, 3.8) is 0 Å². The van der Waals surface area contributed by atoms with Crippen LogP contribution in [0.1, 0.15) is 91.5 Å². The summed E-state index contributed by atoms with van der Waals surface area (Å²) in [4.78, 5) is 43.6. The Morgan fingerprint density at radius 2 is 1.70 bits per heavy atom. The fourth-order valence-corrected chi connectivity index (χ4v) is 11.2. The summed E-state index contributed by atoms with van der Waals surface area (Å²) in [5.41, 5.74) is -3.56. The Bertz CT molecular complexity index is 2540. The first-order valence-electron chi connectivity index (χ1n) is 23.5. The lowest BCUT2D eigenvalue weighted by molar-refractivity contribution is -0.149. The Morgan fingerprint density at radius 1 is 1.03 bits per heavy atom. The van der Waals surface area contributed by atoms with E-state index >= 15 is 4.39 Å². The van der Waals surface area contributed by atoms with Crippen LogP contribution in [0.4, 0.5) is 36.6 Å². The predicted octanol–water partition coefficient (Wildman–Crippen LogP) is 11.9. The molecule has 13 nitrogen and oxygen atoms in total. The standard InChI is InChI=1S/C51H64F7N4O9PS2/c1-10-36(17-16-34(4)50(53,54)55)30-73-27-24-40(74-31-37-18-20-38(21-19-37)51(56,57)58)22-25-48(6,7)28-43(63)59-42-23-26-62(47(65)60-42)45-44(52)49(8,32-67-9)41(70-45)29-68-72(66,71-39-14-12-11-13-15-39)61-35(5)46(64)69-33(2)3/h1,11-21,23,26,33,35,40-41,44-45H,22,24-25,27-32H2,2-9H3,(H,61,66)(H,59,60,63,65)/b34-16+,36-17+/t35-,40+,41+,44-,45?,49?,72?/m0/s1. The van der Waals surface area contributed by atoms with Crippen molar-refractivity contribution in [1.82, 2.24) is 14.6 Å². The number of amides is 1. The monoisotopic (exact) mass is 1100 g/mol. The van der Waals surface area contributed by atoms with Gasteiger partial charge in [0, 0.05) is 47.6 Å². The Hall–Kier alpha value is -4.62. The molecule has 3 unspecified atom stereocenters. The number of hydrogen-bond acceptors (Lipinski definition) is 12. The number of alkyl halides is 7. The van der Waals surface area contributed by atoms with Gasteiger partial charge in [0.25, 0.3) is 0 Å². The van der Waals surface area contributed by atoms with Gasteiger partial charge in [-0.25, -0.2) is 13.8 Å². The molecule has 0 radical (unpaired) electrons. The minimum absolute atomic E-state index is 0.0102. The lowest BCUT2D eigenvalue weighted by atomic mass is 9.82. The van der Waals surface area contributed by atoms with E-state index < -0.39 is 96.9 Å². The number of para-hydroxylation sites is 1. The number of halogens is 7. The molecule has 2 aromatic carbocycles. The van der Waals surface area contributed by atoms with Gasteiger partial charge >= 0.3 is 31.8 Å². The molecule has 1 aromatic heterocycles. The van der Waals surface area contributed by atoms with E-state index in [9.17, 15) is 45.3 Å². The smallest absolute Gasteiger partial charge is 0.459 e. The molecule has 0 aliphatic carbocycles. The number of benzene rings is 2. The van der Waals surface area contributed by atoms with Crippen LogP contribution >= 0.6 is 31.3 Å². The van der Waals surface area contributed by atoms with E-state index in [0.29, 0.717) is 41.9 Å². The summed E-state index contributed by atoms with van der Waals surface area (Å²) < 4.78 is 139. The van der Waals surface area contributed by atoms with Gasteiger partial charge < -0.3 is 24.1 Å². The molecule has 0 spiro atoms.